The summed E-state index contributed by atoms with van der Waals surface area (Å²) in [5.74, 6) is 0.290. The molecule has 0 rings (SSSR count). The molecule has 3 unspecified atom stereocenters. The van der Waals surface area contributed by atoms with Gasteiger partial charge in [-0.15, -0.1) is 0 Å². The second-order valence-corrected chi connectivity index (χ2v) is 36.1. The fraction of sp³-hybridized carbons (Fsp3) is 0.955. The van der Waals surface area contributed by atoms with Gasteiger partial charge in [0.15, 0.2) is 12.2 Å². The normalized spacial score (nSPS) is 14.1. The molecule has 3 N–H and O–H groups in total. The summed E-state index contributed by atoms with van der Waals surface area (Å²) in [5, 5.41) is 10.7. The minimum absolute atomic E-state index is 0.107. The van der Waals surface area contributed by atoms with Crippen LogP contribution in [0.1, 0.15) is 472 Å². The van der Waals surface area contributed by atoms with Gasteiger partial charge in [-0.05, 0) is 43.4 Å². The lowest BCUT2D eigenvalue weighted by atomic mass is 9.99. The van der Waals surface area contributed by atoms with Crippen LogP contribution in [-0.4, -0.2) is 96.7 Å². The molecule has 0 amide bonds. The van der Waals surface area contributed by atoms with Crippen molar-refractivity contribution in [2.75, 3.05) is 39.6 Å². The summed E-state index contributed by atoms with van der Waals surface area (Å²) >= 11 is 0. The van der Waals surface area contributed by atoms with Crippen LogP contribution in [0.15, 0.2) is 0 Å². The number of hydrogen-bond acceptors (Lipinski definition) is 15. The zero-order valence-electron chi connectivity index (χ0n) is 71.3. The third-order valence-electron chi connectivity index (χ3n) is 21.2. The standard InChI is InChI=1S/C89H174O17P2/c1-8-10-11-12-13-14-15-16-17-18-19-23-26-29-35-42-49-56-63-70-86(91)99-76-84(105-88(93)72-65-58-51-43-36-30-27-24-21-20-22-25-28-34-41-48-55-62-69-82(7)9-2)78-103-107(95,96)101-74-83(90)75-102-108(97,98)104-79-85(77-100-87(92)71-64-57-50-45-38-40-47-54-61-68-81(5)6)106-89(94)73-66-59-52-44-37-32-31-33-39-46-53-60-67-80(3)4/h80-85,90H,8-79H2,1-7H3,(H,95,96)(H,97,98)/t82?,83-,84-,85-/m1/s1. The van der Waals surface area contributed by atoms with E-state index in [0.29, 0.717) is 25.7 Å². The lowest BCUT2D eigenvalue weighted by molar-refractivity contribution is -0.161. The number of esters is 4. The van der Waals surface area contributed by atoms with Crippen molar-refractivity contribution in [3.05, 3.63) is 0 Å². The molecule has 0 bridgehead atoms. The Bertz CT molecular complexity index is 2080. The Morgan fingerprint density at radius 2 is 0.472 bits per heavy atom. The van der Waals surface area contributed by atoms with Gasteiger partial charge in [-0.2, -0.15) is 0 Å². The van der Waals surface area contributed by atoms with Gasteiger partial charge in [-0.3, -0.25) is 37.3 Å². The fourth-order valence-corrected chi connectivity index (χ4v) is 15.4. The molecular formula is C89H174O17P2. The number of unbranched alkanes of at least 4 members (excludes halogenated alkanes) is 54. The summed E-state index contributed by atoms with van der Waals surface area (Å²) in [5.41, 5.74) is 0. The summed E-state index contributed by atoms with van der Waals surface area (Å²) < 4.78 is 69.0. The van der Waals surface area contributed by atoms with Gasteiger partial charge in [0.25, 0.3) is 0 Å². The zero-order valence-corrected chi connectivity index (χ0v) is 73.1. The summed E-state index contributed by atoms with van der Waals surface area (Å²) in [6, 6.07) is 0. The Labute approximate surface area is 664 Å². The van der Waals surface area contributed by atoms with Crippen molar-refractivity contribution in [3.63, 3.8) is 0 Å². The molecule has 0 radical (unpaired) electrons. The van der Waals surface area contributed by atoms with Crippen LogP contribution in [0.3, 0.4) is 0 Å². The number of phosphoric acid groups is 2. The Hall–Kier alpha value is -1.94. The number of aliphatic hydroxyl groups excluding tert-OH is 1. The maximum atomic E-state index is 13.2. The van der Waals surface area contributed by atoms with E-state index >= 15 is 0 Å². The highest BCUT2D eigenvalue weighted by Gasteiger charge is 2.31. The van der Waals surface area contributed by atoms with Crippen LogP contribution in [0.25, 0.3) is 0 Å². The van der Waals surface area contributed by atoms with Gasteiger partial charge in [0, 0.05) is 25.7 Å². The SMILES string of the molecule is CCCCCCCCCCCCCCCCCCCCCC(=O)OC[C@H](COP(=O)(O)OC[C@@H](O)COP(=O)(O)OC[C@@H](COC(=O)CCCCCCCCCCCC(C)C)OC(=O)CCCCCCCCCCCCCCC(C)C)OC(=O)CCCCCCCCCCCCCCCCCCCCC(C)CC. The van der Waals surface area contributed by atoms with Crippen LogP contribution >= 0.6 is 15.6 Å². The average Bonchev–Trinajstić information content (AvgIpc) is 0.895. The second kappa shape index (κ2) is 78.9. The average molecular weight is 1580 g/mol. The largest absolute Gasteiger partial charge is 0.472 e. The lowest BCUT2D eigenvalue weighted by Crippen LogP contribution is -2.30. The van der Waals surface area contributed by atoms with Gasteiger partial charge in [-0.1, -0.05) is 421 Å². The predicted octanol–water partition coefficient (Wildman–Crippen LogP) is 27.3. The molecule has 0 aliphatic heterocycles. The molecule has 19 heteroatoms. The Morgan fingerprint density at radius 3 is 0.704 bits per heavy atom. The second-order valence-electron chi connectivity index (χ2n) is 33.2. The summed E-state index contributed by atoms with van der Waals surface area (Å²) in [6.07, 6.45) is 70.8. The topological polar surface area (TPSA) is 237 Å². The van der Waals surface area contributed by atoms with Gasteiger partial charge in [0.05, 0.1) is 26.4 Å². The van der Waals surface area contributed by atoms with E-state index in [1.807, 2.05) is 0 Å². The molecule has 0 fully saturated rings. The summed E-state index contributed by atoms with van der Waals surface area (Å²) in [7, 11) is -9.93. The van der Waals surface area contributed by atoms with E-state index in [-0.39, 0.29) is 25.7 Å². The van der Waals surface area contributed by atoms with E-state index in [9.17, 15) is 43.2 Å². The predicted molar refractivity (Wildman–Crippen MR) is 446 cm³/mol. The Morgan fingerprint density at radius 1 is 0.269 bits per heavy atom. The van der Waals surface area contributed by atoms with E-state index in [2.05, 4.69) is 48.5 Å². The number of rotatable bonds is 87. The molecule has 0 spiro atoms. The van der Waals surface area contributed by atoms with E-state index in [4.69, 9.17) is 37.0 Å². The molecule has 0 saturated heterocycles. The quantitative estimate of drug-likeness (QED) is 0.0222. The minimum atomic E-state index is -4.97. The van der Waals surface area contributed by atoms with Crippen LogP contribution in [-0.2, 0) is 65.4 Å². The van der Waals surface area contributed by atoms with Crippen molar-refractivity contribution in [1.82, 2.24) is 0 Å². The molecule has 0 heterocycles. The smallest absolute Gasteiger partial charge is 0.462 e. The van der Waals surface area contributed by atoms with Crippen molar-refractivity contribution in [2.45, 2.75) is 491 Å². The first-order chi connectivity index (χ1) is 52.3. The Balaban J connectivity index is 5.25. The molecule has 0 aromatic carbocycles. The van der Waals surface area contributed by atoms with Crippen molar-refractivity contribution in [1.29, 1.82) is 0 Å². The van der Waals surface area contributed by atoms with Crippen molar-refractivity contribution < 1.29 is 80.2 Å². The Kier molecular flexibility index (Phi) is 77.5. The molecule has 0 aliphatic rings. The molecule has 0 aliphatic carbocycles. The third-order valence-corrected chi connectivity index (χ3v) is 23.1. The van der Waals surface area contributed by atoms with Gasteiger partial charge in [-0.25, -0.2) is 9.13 Å². The molecule has 0 aromatic rings. The maximum Gasteiger partial charge on any atom is 0.472 e. The van der Waals surface area contributed by atoms with Crippen molar-refractivity contribution >= 4 is 39.5 Å². The van der Waals surface area contributed by atoms with E-state index in [1.54, 1.807) is 0 Å². The first-order valence-electron chi connectivity index (χ1n) is 45.9. The van der Waals surface area contributed by atoms with Crippen LogP contribution in [0.5, 0.6) is 0 Å². The number of carbonyl (C=O) groups is 4. The highest BCUT2D eigenvalue weighted by molar-refractivity contribution is 7.47. The van der Waals surface area contributed by atoms with Crippen LogP contribution in [0.2, 0.25) is 0 Å². The number of aliphatic hydroxyl groups is 1. The van der Waals surface area contributed by atoms with Crippen LogP contribution in [0, 0.1) is 17.8 Å². The number of phosphoric ester groups is 2. The van der Waals surface area contributed by atoms with Gasteiger partial charge in [0.1, 0.15) is 19.3 Å². The molecule has 0 saturated carbocycles. The molecule has 17 nitrogen and oxygen atoms in total. The van der Waals surface area contributed by atoms with E-state index in [1.165, 1.54) is 283 Å². The maximum absolute atomic E-state index is 13.2. The first-order valence-corrected chi connectivity index (χ1v) is 48.9. The minimum Gasteiger partial charge on any atom is -0.462 e. The van der Waals surface area contributed by atoms with Crippen molar-refractivity contribution in [3.8, 4) is 0 Å². The molecule has 0 aromatic heterocycles. The summed E-state index contributed by atoms with van der Waals surface area (Å²) in [6.45, 7) is 12.1. The van der Waals surface area contributed by atoms with Crippen molar-refractivity contribution in [2.24, 2.45) is 17.8 Å². The highest BCUT2D eigenvalue weighted by atomic mass is 31.2. The molecular weight excluding hydrogens is 1400 g/mol. The number of carbonyl (C=O) groups excluding carboxylic acids is 4. The molecule has 642 valence electrons. The van der Waals surface area contributed by atoms with Gasteiger partial charge in [0.2, 0.25) is 0 Å². The van der Waals surface area contributed by atoms with Crippen LogP contribution in [0.4, 0.5) is 0 Å². The van der Waals surface area contributed by atoms with Gasteiger partial charge < -0.3 is 33.8 Å². The fourth-order valence-electron chi connectivity index (χ4n) is 13.9. The first kappa shape index (κ1) is 106. The van der Waals surface area contributed by atoms with Gasteiger partial charge >= 0.3 is 39.5 Å². The third kappa shape index (κ3) is 80.7. The lowest BCUT2D eigenvalue weighted by Gasteiger charge is -2.21. The van der Waals surface area contributed by atoms with E-state index in [0.717, 1.165) is 108 Å². The zero-order chi connectivity index (χ0) is 79.3. The summed E-state index contributed by atoms with van der Waals surface area (Å²) in [4.78, 5) is 73.3. The number of hydrogen-bond donors (Lipinski definition) is 3. The highest BCUT2D eigenvalue weighted by Crippen LogP contribution is 2.45. The van der Waals surface area contributed by atoms with Crippen LogP contribution < -0.4 is 0 Å². The molecule has 108 heavy (non-hydrogen) atoms. The number of ether oxygens (including phenoxy) is 4. The monoisotopic (exact) mass is 1580 g/mol. The van der Waals surface area contributed by atoms with E-state index < -0.39 is 97.5 Å². The molecule has 6 atom stereocenters.